The maximum absolute atomic E-state index is 13.4. The van der Waals surface area contributed by atoms with Gasteiger partial charge in [0.1, 0.15) is 11.3 Å². The standard InChI is InChI=1S/C18H18FN3O3S/c19-14-4-3-5-15(12-14)26(23,24)22-10-8-21(9-11-22)13-18-20-16-6-1-2-7-17(16)25-18/h1-7,12H,8-11,13H2/p+1. The Morgan fingerprint density at radius 1 is 1.12 bits per heavy atom. The van der Waals surface area contributed by atoms with Crippen LogP contribution in [0.4, 0.5) is 4.39 Å². The van der Waals surface area contributed by atoms with E-state index in [1.54, 1.807) is 0 Å². The van der Waals surface area contributed by atoms with Gasteiger partial charge >= 0.3 is 0 Å². The van der Waals surface area contributed by atoms with Crippen LogP contribution in [-0.4, -0.2) is 43.9 Å². The summed E-state index contributed by atoms with van der Waals surface area (Å²) in [6.07, 6.45) is 0. The van der Waals surface area contributed by atoms with Crippen molar-refractivity contribution in [2.45, 2.75) is 11.4 Å². The lowest BCUT2D eigenvalue weighted by atomic mass is 10.3. The molecule has 1 aromatic heterocycles. The van der Waals surface area contributed by atoms with Gasteiger partial charge in [-0.15, -0.1) is 0 Å². The average molecular weight is 376 g/mol. The fraction of sp³-hybridized carbons (Fsp3) is 0.278. The highest BCUT2D eigenvalue weighted by Gasteiger charge is 2.31. The summed E-state index contributed by atoms with van der Waals surface area (Å²) in [6.45, 7) is 2.67. The zero-order chi connectivity index (χ0) is 18.1. The van der Waals surface area contributed by atoms with E-state index in [1.807, 2.05) is 24.3 Å². The van der Waals surface area contributed by atoms with E-state index in [0.29, 0.717) is 38.6 Å². The number of para-hydroxylation sites is 2. The summed E-state index contributed by atoms with van der Waals surface area (Å²) >= 11 is 0. The van der Waals surface area contributed by atoms with Crippen LogP contribution >= 0.6 is 0 Å². The van der Waals surface area contributed by atoms with E-state index >= 15 is 0 Å². The molecule has 1 fully saturated rings. The van der Waals surface area contributed by atoms with E-state index in [2.05, 4.69) is 4.98 Å². The number of nitrogens with one attached hydrogen (secondary N) is 1. The molecular formula is C18H19FN3O3S+. The van der Waals surface area contributed by atoms with Crippen molar-refractivity contribution < 1.29 is 22.1 Å². The number of piperazine rings is 1. The predicted octanol–water partition coefficient (Wildman–Crippen LogP) is 1.06. The molecule has 2 aromatic carbocycles. The van der Waals surface area contributed by atoms with Crippen molar-refractivity contribution in [2.24, 2.45) is 0 Å². The number of quaternary nitrogens is 1. The molecule has 0 atom stereocenters. The summed E-state index contributed by atoms with van der Waals surface area (Å²) in [6, 6.07) is 12.7. The second kappa shape index (κ2) is 6.79. The Kier molecular flexibility index (Phi) is 4.47. The minimum absolute atomic E-state index is 0.0000918. The number of fused-ring (bicyclic) bond motifs is 1. The number of oxazole rings is 1. The number of sulfonamides is 1. The minimum atomic E-state index is -3.66. The molecule has 0 amide bonds. The number of hydrogen-bond donors (Lipinski definition) is 1. The van der Waals surface area contributed by atoms with Gasteiger partial charge in [-0.2, -0.15) is 4.31 Å². The first-order valence-electron chi connectivity index (χ1n) is 8.46. The smallest absolute Gasteiger partial charge is 0.251 e. The quantitative estimate of drug-likeness (QED) is 0.739. The summed E-state index contributed by atoms with van der Waals surface area (Å²) in [4.78, 5) is 5.68. The lowest BCUT2D eigenvalue weighted by molar-refractivity contribution is -0.918. The topological polar surface area (TPSA) is 67.8 Å². The first-order chi connectivity index (χ1) is 12.5. The molecule has 3 aromatic rings. The van der Waals surface area contributed by atoms with Crippen molar-refractivity contribution in [1.82, 2.24) is 9.29 Å². The molecule has 0 unspecified atom stereocenters. The number of hydrogen-bond acceptors (Lipinski definition) is 4. The Morgan fingerprint density at radius 3 is 2.62 bits per heavy atom. The zero-order valence-corrected chi connectivity index (χ0v) is 14.9. The van der Waals surface area contributed by atoms with Crippen molar-refractivity contribution in [3.8, 4) is 0 Å². The van der Waals surface area contributed by atoms with E-state index in [1.165, 1.54) is 27.4 Å². The molecule has 1 aliphatic heterocycles. The van der Waals surface area contributed by atoms with Crippen molar-refractivity contribution in [3.63, 3.8) is 0 Å². The molecule has 2 heterocycles. The van der Waals surface area contributed by atoms with Crippen LogP contribution < -0.4 is 4.90 Å². The normalized spacial score (nSPS) is 17.0. The largest absolute Gasteiger partial charge is 0.435 e. The number of rotatable bonds is 4. The Bertz CT molecular complexity index is 994. The van der Waals surface area contributed by atoms with E-state index < -0.39 is 15.8 Å². The Morgan fingerprint density at radius 2 is 1.88 bits per heavy atom. The second-order valence-corrected chi connectivity index (χ2v) is 8.30. The highest BCUT2D eigenvalue weighted by molar-refractivity contribution is 7.89. The van der Waals surface area contributed by atoms with Gasteiger partial charge in [0.05, 0.1) is 31.1 Å². The Hall–Kier alpha value is -2.29. The van der Waals surface area contributed by atoms with Gasteiger partial charge in [-0.25, -0.2) is 17.8 Å². The zero-order valence-electron chi connectivity index (χ0n) is 14.1. The number of benzene rings is 2. The van der Waals surface area contributed by atoms with Gasteiger partial charge in [0.2, 0.25) is 10.0 Å². The number of halogens is 1. The molecule has 0 radical (unpaired) electrons. The van der Waals surface area contributed by atoms with Gasteiger partial charge < -0.3 is 9.32 Å². The van der Waals surface area contributed by atoms with Crippen molar-refractivity contribution >= 4 is 21.1 Å². The summed E-state index contributed by atoms with van der Waals surface area (Å²) in [7, 11) is -3.66. The molecule has 136 valence electrons. The summed E-state index contributed by atoms with van der Waals surface area (Å²) in [5.74, 6) is 0.105. The average Bonchev–Trinajstić information content (AvgIpc) is 3.04. The van der Waals surface area contributed by atoms with Gasteiger partial charge in [0, 0.05) is 0 Å². The molecule has 26 heavy (non-hydrogen) atoms. The third-order valence-electron chi connectivity index (χ3n) is 4.60. The Balaban J connectivity index is 1.42. The maximum atomic E-state index is 13.4. The minimum Gasteiger partial charge on any atom is -0.435 e. The van der Waals surface area contributed by atoms with Gasteiger partial charge in [-0.3, -0.25) is 0 Å². The maximum Gasteiger partial charge on any atom is 0.251 e. The van der Waals surface area contributed by atoms with E-state index in [9.17, 15) is 12.8 Å². The van der Waals surface area contributed by atoms with Gasteiger partial charge in [-0.1, -0.05) is 18.2 Å². The van der Waals surface area contributed by atoms with Crippen LogP contribution in [0, 0.1) is 5.82 Å². The molecular weight excluding hydrogens is 357 g/mol. The molecule has 6 nitrogen and oxygen atoms in total. The molecule has 4 rings (SSSR count). The van der Waals surface area contributed by atoms with Crippen molar-refractivity contribution in [2.75, 3.05) is 26.2 Å². The van der Waals surface area contributed by atoms with Gasteiger partial charge in [0.15, 0.2) is 12.1 Å². The molecule has 1 aliphatic rings. The molecule has 0 aliphatic carbocycles. The third kappa shape index (κ3) is 3.35. The molecule has 1 saturated heterocycles. The van der Waals surface area contributed by atoms with E-state index in [0.717, 1.165) is 17.2 Å². The van der Waals surface area contributed by atoms with Crippen molar-refractivity contribution in [3.05, 3.63) is 60.2 Å². The monoisotopic (exact) mass is 376 g/mol. The van der Waals surface area contributed by atoms with E-state index in [-0.39, 0.29) is 4.90 Å². The third-order valence-corrected chi connectivity index (χ3v) is 6.50. The van der Waals surface area contributed by atoms with Crippen LogP contribution in [0.2, 0.25) is 0 Å². The number of aromatic nitrogens is 1. The van der Waals surface area contributed by atoms with Crippen LogP contribution in [0.15, 0.2) is 57.8 Å². The fourth-order valence-electron chi connectivity index (χ4n) is 3.21. The first kappa shape index (κ1) is 17.1. The van der Waals surface area contributed by atoms with Crippen LogP contribution in [0.3, 0.4) is 0 Å². The summed E-state index contributed by atoms with van der Waals surface area (Å²) < 4.78 is 45.8. The first-order valence-corrected chi connectivity index (χ1v) is 9.90. The highest BCUT2D eigenvalue weighted by Crippen LogP contribution is 2.17. The van der Waals surface area contributed by atoms with Crippen molar-refractivity contribution in [1.29, 1.82) is 0 Å². The van der Waals surface area contributed by atoms with E-state index in [4.69, 9.17) is 4.42 Å². The lowest BCUT2D eigenvalue weighted by Gasteiger charge is -2.30. The lowest BCUT2D eigenvalue weighted by Crippen LogP contribution is -3.13. The summed E-state index contributed by atoms with van der Waals surface area (Å²) in [5, 5.41) is 0. The Labute approximate surface area is 150 Å². The van der Waals surface area contributed by atoms with Gasteiger partial charge in [0.25, 0.3) is 5.89 Å². The van der Waals surface area contributed by atoms with Gasteiger partial charge in [-0.05, 0) is 30.3 Å². The SMILES string of the molecule is O=S(=O)(c1cccc(F)c1)N1CC[NH+](Cc2nc3ccccc3o2)CC1. The molecule has 0 bridgehead atoms. The number of nitrogens with zero attached hydrogens (tertiary/aromatic N) is 2. The fourth-order valence-corrected chi connectivity index (χ4v) is 4.68. The van der Waals surface area contributed by atoms with Crippen LogP contribution in [0.5, 0.6) is 0 Å². The predicted molar refractivity (Wildman–Crippen MR) is 93.6 cm³/mol. The second-order valence-electron chi connectivity index (χ2n) is 6.36. The van der Waals surface area contributed by atoms with Crippen LogP contribution in [-0.2, 0) is 16.6 Å². The van der Waals surface area contributed by atoms with Crippen LogP contribution in [0.25, 0.3) is 11.1 Å². The highest BCUT2D eigenvalue weighted by atomic mass is 32.2. The molecule has 0 spiro atoms. The molecule has 8 heteroatoms. The molecule has 1 N–H and O–H groups in total. The molecule has 0 saturated carbocycles. The van der Waals surface area contributed by atoms with Crippen LogP contribution in [0.1, 0.15) is 5.89 Å². The summed E-state index contributed by atoms with van der Waals surface area (Å²) in [5.41, 5.74) is 1.59.